The second-order valence-electron chi connectivity index (χ2n) is 11.0. The number of imide groups is 1. The van der Waals surface area contributed by atoms with Crippen LogP contribution in [-0.4, -0.2) is 53.0 Å². The van der Waals surface area contributed by atoms with Crippen molar-refractivity contribution in [2.45, 2.75) is 62.3 Å². The van der Waals surface area contributed by atoms with E-state index in [4.69, 9.17) is 12.6 Å². The fourth-order valence-electron chi connectivity index (χ4n) is 6.34. The van der Waals surface area contributed by atoms with Crippen LogP contribution < -0.4 is 16.0 Å². The highest BCUT2D eigenvalue weighted by molar-refractivity contribution is 7.80. The van der Waals surface area contributed by atoms with Gasteiger partial charge in [-0.15, -0.1) is 0 Å². The second kappa shape index (κ2) is 12.0. The minimum atomic E-state index is -0.338. The summed E-state index contributed by atoms with van der Waals surface area (Å²) in [6, 6.07) is 27.5. The number of carbonyl (C=O) groups is 2. The van der Waals surface area contributed by atoms with Crippen LogP contribution in [0.4, 0.5) is 11.4 Å². The summed E-state index contributed by atoms with van der Waals surface area (Å²) in [5.41, 5.74) is 6.00. The summed E-state index contributed by atoms with van der Waals surface area (Å²) in [4.78, 5) is 29.1. The Bertz CT molecular complexity index is 1330. The Morgan fingerprint density at radius 1 is 0.875 bits per heavy atom. The molecule has 6 rings (SSSR count). The molecule has 0 saturated carbocycles. The molecule has 3 aromatic carbocycles. The van der Waals surface area contributed by atoms with E-state index in [0.29, 0.717) is 25.4 Å². The average molecular weight is 556 g/mol. The number of amides is 2. The van der Waals surface area contributed by atoms with E-state index in [1.54, 1.807) is 0 Å². The largest absolute Gasteiger partial charge is 0.382 e. The molecule has 2 amide bonds. The van der Waals surface area contributed by atoms with Gasteiger partial charge in [0, 0.05) is 49.9 Å². The molecular formula is C32H37N5O2S. The number of nitrogens with zero attached hydrogens (tertiary/aromatic N) is 2. The Balaban J connectivity index is 1.19. The molecule has 7 nitrogen and oxygen atoms in total. The van der Waals surface area contributed by atoms with Gasteiger partial charge in [0.2, 0.25) is 11.8 Å². The van der Waals surface area contributed by atoms with Crippen molar-refractivity contribution in [1.82, 2.24) is 15.1 Å². The molecule has 0 spiro atoms. The Hall–Kier alpha value is -3.33. The van der Waals surface area contributed by atoms with Gasteiger partial charge >= 0.3 is 0 Å². The second-order valence-corrected chi connectivity index (χ2v) is 11.5. The van der Waals surface area contributed by atoms with E-state index in [9.17, 15) is 9.59 Å². The Kier molecular flexibility index (Phi) is 8.09. The van der Waals surface area contributed by atoms with Crippen molar-refractivity contribution in [3.63, 3.8) is 0 Å². The fourth-order valence-corrected chi connectivity index (χ4v) is 6.82. The SMILES string of the molecule is O=C1CCC(N2Cc3c(CC(Nc4ccccc4)N4CCC(Nc5ccccc5)CC4)cccc3C2S)C(=O)N1. The van der Waals surface area contributed by atoms with Crippen LogP contribution in [0.5, 0.6) is 0 Å². The monoisotopic (exact) mass is 555 g/mol. The first-order valence-corrected chi connectivity index (χ1v) is 14.8. The minimum Gasteiger partial charge on any atom is -0.382 e. The first-order chi connectivity index (χ1) is 19.5. The predicted octanol–water partition coefficient (Wildman–Crippen LogP) is 4.79. The lowest BCUT2D eigenvalue weighted by molar-refractivity contribution is -0.137. The van der Waals surface area contributed by atoms with Crippen molar-refractivity contribution in [2.24, 2.45) is 0 Å². The summed E-state index contributed by atoms with van der Waals surface area (Å²) >= 11 is 4.94. The van der Waals surface area contributed by atoms with Crippen LogP contribution in [0.15, 0.2) is 78.9 Å². The number of para-hydroxylation sites is 2. The third kappa shape index (κ3) is 5.89. The Morgan fingerprint density at radius 3 is 2.27 bits per heavy atom. The van der Waals surface area contributed by atoms with Gasteiger partial charge in [-0.1, -0.05) is 54.6 Å². The molecule has 40 heavy (non-hydrogen) atoms. The van der Waals surface area contributed by atoms with E-state index >= 15 is 0 Å². The highest BCUT2D eigenvalue weighted by Gasteiger charge is 2.40. The lowest BCUT2D eigenvalue weighted by Crippen LogP contribution is -2.51. The zero-order chi connectivity index (χ0) is 27.5. The molecule has 3 aliphatic heterocycles. The molecule has 3 aliphatic rings. The van der Waals surface area contributed by atoms with Crippen molar-refractivity contribution in [1.29, 1.82) is 0 Å². The molecule has 2 fully saturated rings. The Morgan fingerprint density at radius 2 is 1.57 bits per heavy atom. The number of hydrogen-bond donors (Lipinski definition) is 4. The highest BCUT2D eigenvalue weighted by atomic mass is 32.1. The first kappa shape index (κ1) is 26.9. The summed E-state index contributed by atoms with van der Waals surface area (Å²) in [6.07, 6.45) is 4.05. The van der Waals surface area contributed by atoms with Gasteiger partial charge in [-0.25, -0.2) is 0 Å². The molecular weight excluding hydrogens is 518 g/mol. The van der Waals surface area contributed by atoms with Crippen molar-refractivity contribution in [2.75, 3.05) is 23.7 Å². The van der Waals surface area contributed by atoms with E-state index in [0.717, 1.165) is 43.6 Å². The van der Waals surface area contributed by atoms with Crippen LogP contribution in [0.2, 0.25) is 0 Å². The molecule has 8 heteroatoms. The van der Waals surface area contributed by atoms with Gasteiger partial charge in [0.05, 0.1) is 17.6 Å². The molecule has 0 radical (unpaired) electrons. The molecule has 208 valence electrons. The third-order valence-electron chi connectivity index (χ3n) is 8.49. The van der Waals surface area contributed by atoms with Gasteiger partial charge < -0.3 is 10.6 Å². The van der Waals surface area contributed by atoms with Gasteiger partial charge in [0.15, 0.2) is 0 Å². The molecule has 2 saturated heterocycles. The number of carbonyl (C=O) groups excluding carboxylic acids is 2. The summed E-state index contributed by atoms with van der Waals surface area (Å²) in [6.45, 7) is 2.66. The number of benzene rings is 3. The van der Waals surface area contributed by atoms with Crippen molar-refractivity contribution in [3.8, 4) is 0 Å². The average Bonchev–Trinajstić information content (AvgIpc) is 3.31. The molecule has 0 aliphatic carbocycles. The third-order valence-corrected chi connectivity index (χ3v) is 9.06. The number of anilines is 2. The molecule has 0 bridgehead atoms. The number of rotatable bonds is 8. The van der Waals surface area contributed by atoms with Crippen LogP contribution in [-0.2, 0) is 22.6 Å². The lowest BCUT2D eigenvalue weighted by atomic mass is 9.97. The normalized spacial score (nSPS) is 22.9. The van der Waals surface area contributed by atoms with Crippen LogP contribution in [0.25, 0.3) is 0 Å². The summed E-state index contributed by atoms with van der Waals surface area (Å²) in [5.74, 6) is -0.396. The topological polar surface area (TPSA) is 76.7 Å². The molecule has 3 unspecified atom stereocenters. The number of thiol groups is 1. The van der Waals surface area contributed by atoms with Gasteiger partial charge in [-0.3, -0.25) is 24.7 Å². The standard InChI is InChI=1S/C32H37N5O2S/c38-30-15-14-28(31(39)35-30)37-21-27-22(8-7-13-26(27)32(37)40)20-29(34-24-11-5-2-6-12-24)36-18-16-25(17-19-36)33-23-9-3-1-4-10-23/h1-13,25,28-29,32-34,40H,14-21H2,(H,35,38,39). The Labute approximate surface area is 241 Å². The van der Waals surface area contributed by atoms with Crippen LogP contribution in [0.3, 0.4) is 0 Å². The highest BCUT2D eigenvalue weighted by Crippen LogP contribution is 2.41. The number of likely N-dealkylation sites (tertiary alicyclic amines) is 1. The van der Waals surface area contributed by atoms with Crippen LogP contribution in [0.1, 0.15) is 47.7 Å². The number of piperidine rings is 2. The maximum absolute atomic E-state index is 12.7. The molecule has 3 atom stereocenters. The summed E-state index contributed by atoms with van der Waals surface area (Å²) < 4.78 is 0. The van der Waals surface area contributed by atoms with Crippen molar-refractivity contribution < 1.29 is 9.59 Å². The van der Waals surface area contributed by atoms with E-state index in [-0.39, 0.29) is 29.4 Å². The quantitative estimate of drug-likeness (QED) is 0.237. The molecule has 0 aromatic heterocycles. The van der Waals surface area contributed by atoms with Crippen LogP contribution >= 0.6 is 12.6 Å². The molecule has 3 aromatic rings. The fraction of sp³-hybridized carbons (Fsp3) is 0.375. The van der Waals surface area contributed by atoms with E-state index in [2.05, 4.69) is 92.5 Å². The van der Waals surface area contributed by atoms with E-state index in [1.807, 2.05) is 12.1 Å². The lowest BCUT2D eigenvalue weighted by Gasteiger charge is -2.39. The predicted molar refractivity (Wildman–Crippen MR) is 162 cm³/mol. The maximum Gasteiger partial charge on any atom is 0.243 e. The smallest absolute Gasteiger partial charge is 0.243 e. The summed E-state index contributed by atoms with van der Waals surface area (Å²) in [5, 5.41) is 9.87. The van der Waals surface area contributed by atoms with Crippen molar-refractivity contribution in [3.05, 3.63) is 95.6 Å². The summed E-state index contributed by atoms with van der Waals surface area (Å²) in [7, 11) is 0. The first-order valence-electron chi connectivity index (χ1n) is 14.3. The van der Waals surface area contributed by atoms with E-state index < -0.39 is 0 Å². The maximum atomic E-state index is 12.7. The number of nitrogens with one attached hydrogen (secondary N) is 3. The van der Waals surface area contributed by atoms with Gasteiger partial charge in [0.25, 0.3) is 0 Å². The zero-order valence-electron chi connectivity index (χ0n) is 22.6. The molecule has 3 N–H and O–H groups in total. The number of fused-ring (bicyclic) bond motifs is 1. The zero-order valence-corrected chi connectivity index (χ0v) is 23.5. The van der Waals surface area contributed by atoms with Crippen molar-refractivity contribution >= 4 is 35.8 Å². The van der Waals surface area contributed by atoms with E-state index in [1.165, 1.54) is 16.8 Å². The minimum absolute atomic E-state index is 0.134. The number of hydrogen-bond acceptors (Lipinski definition) is 7. The van der Waals surface area contributed by atoms with Gasteiger partial charge in [0.1, 0.15) is 0 Å². The molecule has 3 heterocycles. The van der Waals surface area contributed by atoms with Crippen LogP contribution in [0, 0.1) is 0 Å². The van der Waals surface area contributed by atoms with Gasteiger partial charge in [-0.2, -0.15) is 12.6 Å². The van der Waals surface area contributed by atoms with Gasteiger partial charge in [-0.05, 0) is 60.2 Å².